The van der Waals surface area contributed by atoms with Gasteiger partial charge in [-0.2, -0.15) is 0 Å². The van der Waals surface area contributed by atoms with Crippen LogP contribution >= 0.6 is 24.8 Å². The predicted octanol–water partition coefficient (Wildman–Crippen LogP) is 4.78. The Hall–Kier alpha value is -2.21. The van der Waals surface area contributed by atoms with Gasteiger partial charge in [0.25, 0.3) is 5.91 Å². The van der Waals surface area contributed by atoms with E-state index >= 15 is 0 Å². The summed E-state index contributed by atoms with van der Waals surface area (Å²) in [5.41, 5.74) is 9.24. The predicted molar refractivity (Wildman–Crippen MR) is 129 cm³/mol. The number of aromatic nitrogens is 2. The molecule has 2 unspecified atom stereocenters. The molecule has 5 rings (SSSR count). The van der Waals surface area contributed by atoms with E-state index in [0.717, 1.165) is 48.0 Å². The molecule has 2 bridgehead atoms. The first-order valence-corrected chi connectivity index (χ1v) is 10.6. The van der Waals surface area contributed by atoms with Gasteiger partial charge in [-0.3, -0.25) is 9.78 Å². The number of nitrogens with one attached hydrogen (secondary N) is 1. The molecule has 164 valence electrons. The minimum Gasteiger partial charge on any atom is -0.349 e. The molecule has 2 aliphatic carbocycles. The molecular weight excluding hydrogens is 431 g/mol. The standard InChI is InChI=1S/C24H26N4O.2ClH/c25-17-12-15-6-5-7-16(13-17)23(15)28-24(29)19-14-22(21-10-3-4-11-26-21)27-20-9-2-1-8-18(19)20;;/h1-4,8-11,14-17,23H,5-7,12-13,25H2,(H,28,29);2*1H. The SMILES string of the molecule is Cl.Cl.NC1CC2CCCC(C1)C2NC(=O)c1cc(-c2ccccn2)nc2ccccc12. The Kier molecular flexibility index (Phi) is 7.52. The highest BCUT2D eigenvalue weighted by molar-refractivity contribution is 6.07. The van der Waals surface area contributed by atoms with Gasteiger partial charge in [0.2, 0.25) is 0 Å². The van der Waals surface area contributed by atoms with E-state index in [2.05, 4.69) is 10.3 Å². The maximum absolute atomic E-state index is 13.4. The number of carbonyl (C=O) groups excluding carboxylic acids is 1. The van der Waals surface area contributed by atoms with Crippen LogP contribution in [0.1, 0.15) is 42.5 Å². The minimum atomic E-state index is -0.0156. The fourth-order valence-electron chi connectivity index (χ4n) is 5.26. The van der Waals surface area contributed by atoms with E-state index in [0.29, 0.717) is 17.4 Å². The highest BCUT2D eigenvalue weighted by Gasteiger charge is 2.40. The Labute approximate surface area is 195 Å². The number of amides is 1. The van der Waals surface area contributed by atoms with Gasteiger partial charge in [-0.25, -0.2) is 4.98 Å². The quantitative estimate of drug-likeness (QED) is 0.591. The molecule has 0 aliphatic heterocycles. The molecule has 2 aromatic heterocycles. The lowest BCUT2D eigenvalue weighted by Crippen LogP contribution is -2.53. The molecule has 3 aromatic rings. The van der Waals surface area contributed by atoms with E-state index in [9.17, 15) is 4.79 Å². The number of hydrogen-bond acceptors (Lipinski definition) is 4. The Bertz CT molecular complexity index is 1030. The van der Waals surface area contributed by atoms with Gasteiger partial charge in [-0.05, 0) is 61.8 Å². The molecule has 0 radical (unpaired) electrons. The van der Waals surface area contributed by atoms with Crippen molar-refractivity contribution in [1.82, 2.24) is 15.3 Å². The third kappa shape index (κ3) is 4.69. The molecular formula is C24H28Cl2N4O. The summed E-state index contributed by atoms with van der Waals surface area (Å²) in [6.45, 7) is 0. The van der Waals surface area contributed by atoms with E-state index in [1.165, 1.54) is 6.42 Å². The first-order chi connectivity index (χ1) is 14.2. The van der Waals surface area contributed by atoms with Crippen LogP contribution in [-0.2, 0) is 0 Å². The van der Waals surface area contributed by atoms with Crippen molar-refractivity contribution < 1.29 is 4.79 Å². The van der Waals surface area contributed by atoms with Crippen molar-refractivity contribution in [2.24, 2.45) is 17.6 Å². The number of halogens is 2. The summed E-state index contributed by atoms with van der Waals surface area (Å²) in [5, 5.41) is 4.26. The zero-order valence-electron chi connectivity index (χ0n) is 17.2. The number of carbonyl (C=O) groups is 1. The lowest BCUT2D eigenvalue weighted by atomic mass is 9.67. The summed E-state index contributed by atoms with van der Waals surface area (Å²) in [6, 6.07) is 15.9. The maximum Gasteiger partial charge on any atom is 0.252 e. The van der Waals surface area contributed by atoms with Crippen molar-refractivity contribution >= 4 is 41.6 Å². The lowest BCUT2D eigenvalue weighted by molar-refractivity contribution is 0.0757. The molecule has 2 aliphatic rings. The van der Waals surface area contributed by atoms with Crippen molar-refractivity contribution in [3.8, 4) is 11.4 Å². The molecule has 2 fully saturated rings. The molecule has 0 spiro atoms. The number of nitrogens with zero attached hydrogens (tertiary/aromatic N) is 2. The molecule has 2 atom stereocenters. The third-order valence-electron chi connectivity index (χ3n) is 6.56. The van der Waals surface area contributed by atoms with E-state index < -0.39 is 0 Å². The molecule has 1 aromatic carbocycles. The van der Waals surface area contributed by atoms with Gasteiger partial charge in [0, 0.05) is 23.7 Å². The number of hydrogen-bond donors (Lipinski definition) is 2. The van der Waals surface area contributed by atoms with E-state index in [1.807, 2.05) is 48.5 Å². The largest absolute Gasteiger partial charge is 0.349 e. The van der Waals surface area contributed by atoms with Crippen LogP contribution in [0.3, 0.4) is 0 Å². The van der Waals surface area contributed by atoms with Crippen LogP contribution in [0.5, 0.6) is 0 Å². The Morgan fingerprint density at radius 2 is 1.68 bits per heavy atom. The summed E-state index contributed by atoms with van der Waals surface area (Å²) >= 11 is 0. The highest BCUT2D eigenvalue weighted by atomic mass is 35.5. The topological polar surface area (TPSA) is 80.9 Å². The smallest absolute Gasteiger partial charge is 0.252 e. The van der Waals surface area contributed by atoms with E-state index in [-0.39, 0.29) is 42.8 Å². The van der Waals surface area contributed by atoms with Crippen LogP contribution in [0.4, 0.5) is 0 Å². The number of rotatable bonds is 3. The van der Waals surface area contributed by atoms with Gasteiger partial charge in [-0.15, -0.1) is 24.8 Å². The fourth-order valence-corrected chi connectivity index (χ4v) is 5.26. The second-order valence-electron chi connectivity index (χ2n) is 8.47. The number of nitrogens with two attached hydrogens (primary N) is 1. The summed E-state index contributed by atoms with van der Waals surface area (Å²) in [6.07, 6.45) is 7.33. The van der Waals surface area contributed by atoms with Gasteiger partial charge in [0.05, 0.1) is 22.5 Å². The normalized spacial score (nSPS) is 24.5. The highest BCUT2D eigenvalue weighted by Crippen LogP contribution is 2.40. The summed E-state index contributed by atoms with van der Waals surface area (Å²) in [4.78, 5) is 22.6. The van der Waals surface area contributed by atoms with Crippen molar-refractivity contribution in [3.63, 3.8) is 0 Å². The number of pyridine rings is 2. The molecule has 1 amide bonds. The number of benzene rings is 1. The lowest BCUT2D eigenvalue weighted by Gasteiger charge is -2.45. The van der Waals surface area contributed by atoms with E-state index in [4.69, 9.17) is 10.7 Å². The van der Waals surface area contributed by atoms with Crippen LogP contribution in [-0.4, -0.2) is 28.0 Å². The Balaban J connectivity index is 0.00000136. The molecule has 31 heavy (non-hydrogen) atoms. The first-order valence-electron chi connectivity index (χ1n) is 10.6. The average Bonchev–Trinajstić information content (AvgIpc) is 2.74. The van der Waals surface area contributed by atoms with Crippen molar-refractivity contribution in [2.45, 2.75) is 44.2 Å². The average molecular weight is 459 g/mol. The van der Waals surface area contributed by atoms with Crippen LogP contribution in [0.25, 0.3) is 22.3 Å². The minimum absolute atomic E-state index is 0. The number of para-hydroxylation sites is 1. The Morgan fingerprint density at radius 1 is 0.968 bits per heavy atom. The van der Waals surface area contributed by atoms with E-state index in [1.54, 1.807) is 6.20 Å². The summed E-state index contributed by atoms with van der Waals surface area (Å²) in [7, 11) is 0. The van der Waals surface area contributed by atoms with Crippen LogP contribution in [0, 0.1) is 11.8 Å². The fraction of sp³-hybridized carbons (Fsp3) is 0.375. The molecule has 2 heterocycles. The Morgan fingerprint density at radius 3 is 2.39 bits per heavy atom. The molecule has 2 saturated carbocycles. The second kappa shape index (κ2) is 9.94. The molecule has 5 nitrogen and oxygen atoms in total. The molecule has 3 N–H and O–H groups in total. The van der Waals surface area contributed by atoms with Gasteiger partial charge in [0.15, 0.2) is 0 Å². The molecule has 0 saturated heterocycles. The van der Waals surface area contributed by atoms with Crippen LogP contribution < -0.4 is 11.1 Å². The monoisotopic (exact) mass is 458 g/mol. The van der Waals surface area contributed by atoms with Crippen molar-refractivity contribution in [3.05, 3.63) is 60.3 Å². The zero-order chi connectivity index (χ0) is 19.8. The van der Waals surface area contributed by atoms with Crippen molar-refractivity contribution in [2.75, 3.05) is 0 Å². The van der Waals surface area contributed by atoms with Gasteiger partial charge in [-0.1, -0.05) is 30.7 Å². The van der Waals surface area contributed by atoms with Gasteiger partial charge < -0.3 is 11.1 Å². The second-order valence-corrected chi connectivity index (χ2v) is 8.47. The summed E-state index contributed by atoms with van der Waals surface area (Å²) < 4.78 is 0. The number of fused-ring (bicyclic) bond motifs is 3. The van der Waals surface area contributed by atoms with Crippen LogP contribution in [0.2, 0.25) is 0 Å². The maximum atomic E-state index is 13.4. The van der Waals surface area contributed by atoms with Gasteiger partial charge in [0.1, 0.15) is 0 Å². The van der Waals surface area contributed by atoms with Crippen LogP contribution in [0.15, 0.2) is 54.7 Å². The van der Waals surface area contributed by atoms with Crippen molar-refractivity contribution in [1.29, 1.82) is 0 Å². The zero-order valence-corrected chi connectivity index (χ0v) is 18.9. The summed E-state index contributed by atoms with van der Waals surface area (Å²) in [5.74, 6) is 0.966. The third-order valence-corrected chi connectivity index (χ3v) is 6.56. The first kappa shape index (κ1) is 23.5. The van der Waals surface area contributed by atoms with Gasteiger partial charge >= 0.3 is 0 Å². The molecule has 7 heteroatoms.